The highest BCUT2D eigenvalue weighted by molar-refractivity contribution is 7.92. The van der Waals surface area contributed by atoms with Crippen LogP contribution in [0.25, 0.3) is 0 Å². The van der Waals surface area contributed by atoms with E-state index < -0.39 is 15.1 Å². The molecule has 2 aliphatic rings. The lowest BCUT2D eigenvalue weighted by Gasteiger charge is -2.25. The number of sulfone groups is 1. The molecule has 0 unspecified atom stereocenters. The molecule has 7 nitrogen and oxygen atoms in total. The maximum Gasteiger partial charge on any atom is 0.224 e. The molecule has 0 saturated carbocycles. The van der Waals surface area contributed by atoms with Crippen LogP contribution in [0.15, 0.2) is 12.3 Å². The van der Waals surface area contributed by atoms with Crippen LogP contribution in [0, 0.1) is 12.8 Å². The first kappa shape index (κ1) is 16.4. The van der Waals surface area contributed by atoms with Crippen molar-refractivity contribution in [3.63, 3.8) is 0 Å². The summed E-state index contributed by atoms with van der Waals surface area (Å²) in [4.78, 5) is 16.1. The Morgan fingerprint density at radius 1 is 1.39 bits per heavy atom. The lowest BCUT2D eigenvalue weighted by atomic mass is 10.00. The topological polar surface area (TPSA) is 75.5 Å². The second kappa shape index (κ2) is 5.90. The molecule has 2 saturated heterocycles. The van der Waals surface area contributed by atoms with Crippen LogP contribution in [0.1, 0.15) is 12.1 Å². The van der Waals surface area contributed by atoms with E-state index in [0.717, 1.165) is 5.69 Å². The monoisotopic (exact) mass is 340 g/mol. The molecule has 1 aromatic heterocycles. The van der Waals surface area contributed by atoms with Crippen LogP contribution in [0.3, 0.4) is 0 Å². The molecule has 0 radical (unpaired) electrons. The molecule has 3 rings (SSSR count). The van der Waals surface area contributed by atoms with Gasteiger partial charge in [-0.15, -0.1) is 0 Å². The molecule has 0 bridgehead atoms. The van der Waals surface area contributed by atoms with Gasteiger partial charge in [0.15, 0.2) is 9.84 Å². The highest BCUT2D eigenvalue weighted by Gasteiger charge is 2.53. The highest BCUT2D eigenvalue weighted by atomic mass is 32.2. The summed E-state index contributed by atoms with van der Waals surface area (Å²) in [5.41, 5.74) is 1.02. The van der Waals surface area contributed by atoms with Crippen LogP contribution in [-0.2, 0) is 21.2 Å². The Hall–Kier alpha value is -1.41. The van der Waals surface area contributed by atoms with Gasteiger partial charge in [0.1, 0.15) is 0 Å². The SMILES string of the molecule is Cc1ccnn1CCC(=O)N1C[C@H]2[C@H](N(C)C)CS(=O)(=O)[C@H]2C1. The Balaban J connectivity index is 1.65. The normalized spacial score (nSPS) is 29.2. The van der Waals surface area contributed by atoms with Gasteiger partial charge >= 0.3 is 0 Å². The minimum Gasteiger partial charge on any atom is -0.341 e. The predicted octanol–water partition coefficient (Wildman–Crippen LogP) is -0.233. The summed E-state index contributed by atoms with van der Waals surface area (Å²) in [5.74, 6) is 0.261. The first-order chi connectivity index (χ1) is 10.8. The fourth-order valence-electron chi connectivity index (χ4n) is 3.76. The molecule has 1 aromatic rings. The van der Waals surface area contributed by atoms with Gasteiger partial charge in [0.05, 0.1) is 11.0 Å². The number of likely N-dealkylation sites (tertiary alicyclic amines) is 1. The zero-order valence-electron chi connectivity index (χ0n) is 13.8. The Kier molecular flexibility index (Phi) is 4.22. The molecular weight excluding hydrogens is 316 g/mol. The van der Waals surface area contributed by atoms with Crippen molar-refractivity contribution < 1.29 is 13.2 Å². The van der Waals surface area contributed by atoms with E-state index in [0.29, 0.717) is 26.1 Å². The molecule has 8 heteroatoms. The number of hydrogen-bond donors (Lipinski definition) is 0. The average molecular weight is 340 g/mol. The lowest BCUT2D eigenvalue weighted by Crippen LogP contribution is -2.38. The van der Waals surface area contributed by atoms with Crippen molar-refractivity contribution in [2.24, 2.45) is 5.92 Å². The number of carbonyl (C=O) groups is 1. The van der Waals surface area contributed by atoms with Gasteiger partial charge in [-0.25, -0.2) is 8.42 Å². The highest BCUT2D eigenvalue weighted by Crippen LogP contribution is 2.36. The number of aryl methyl sites for hydroxylation is 2. The molecule has 128 valence electrons. The van der Waals surface area contributed by atoms with Gasteiger partial charge in [0.25, 0.3) is 0 Å². The Morgan fingerprint density at radius 2 is 2.13 bits per heavy atom. The molecule has 3 heterocycles. The summed E-state index contributed by atoms with van der Waals surface area (Å²) in [6, 6.07) is 1.91. The molecule has 3 atom stereocenters. The minimum absolute atomic E-state index is 0.0103. The summed E-state index contributed by atoms with van der Waals surface area (Å²) in [7, 11) is 0.718. The second-order valence-electron chi connectivity index (χ2n) is 6.81. The third kappa shape index (κ3) is 3.01. The number of amides is 1. The van der Waals surface area contributed by atoms with E-state index in [-0.39, 0.29) is 23.6 Å². The zero-order chi connectivity index (χ0) is 16.8. The molecule has 2 fully saturated rings. The Morgan fingerprint density at radius 3 is 2.74 bits per heavy atom. The number of hydrogen-bond acceptors (Lipinski definition) is 5. The van der Waals surface area contributed by atoms with Crippen molar-refractivity contribution in [1.82, 2.24) is 19.6 Å². The smallest absolute Gasteiger partial charge is 0.224 e. The van der Waals surface area contributed by atoms with E-state index in [2.05, 4.69) is 5.10 Å². The fourth-order valence-corrected chi connectivity index (χ4v) is 6.24. The van der Waals surface area contributed by atoms with E-state index in [1.54, 1.807) is 15.8 Å². The summed E-state index contributed by atoms with van der Waals surface area (Å²) < 4.78 is 26.5. The van der Waals surface area contributed by atoms with Gasteiger partial charge in [0.2, 0.25) is 5.91 Å². The molecule has 0 N–H and O–H groups in total. The third-order valence-corrected chi connectivity index (χ3v) is 7.38. The van der Waals surface area contributed by atoms with E-state index in [1.807, 2.05) is 32.0 Å². The lowest BCUT2D eigenvalue weighted by molar-refractivity contribution is -0.130. The number of carbonyl (C=O) groups excluding carboxylic acids is 1. The fraction of sp³-hybridized carbons (Fsp3) is 0.733. The molecule has 0 aromatic carbocycles. The van der Waals surface area contributed by atoms with Gasteiger partial charge in [-0.1, -0.05) is 0 Å². The summed E-state index contributed by atoms with van der Waals surface area (Å²) in [6.07, 6.45) is 2.07. The van der Waals surface area contributed by atoms with Gasteiger partial charge in [-0.3, -0.25) is 9.48 Å². The number of rotatable bonds is 4. The minimum atomic E-state index is -3.10. The van der Waals surface area contributed by atoms with E-state index in [9.17, 15) is 13.2 Å². The molecule has 0 spiro atoms. The molecule has 1 amide bonds. The van der Waals surface area contributed by atoms with Gasteiger partial charge in [-0.2, -0.15) is 5.10 Å². The van der Waals surface area contributed by atoms with Crippen LogP contribution < -0.4 is 0 Å². The van der Waals surface area contributed by atoms with Crippen LogP contribution in [-0.4, -0.2) is 78.1 Å². The third-order valence-electron chi connectivity index (χ3n) is 5.15. The van der Waals surface area contributed by atoms with Crippen molar-refractivity contribution in [2.45, 2.75) is 31.2 Å². The second-order valence-corrected chi connectivity index (χ2v) is 9.07. The molecular formula is C15H24N4O3S. The van der Waals surface area contributed by atoms with E-state index in [4.69, 9.17) is 0 Å². The van der Waals surface area contributed by atoms with Crippen molar-refractivity contribution in [2.75, 3.05) is 32.9 Å². The molecule has 2 aliphatic heterocycles. The average Bonchev–Trinajstić information content (AvgIpc) is 3.13. The van der Waals surface area contributed by atoms with Crippen molar-refractivity contribution in [3.8, 4) is 0 Å². The Bertz CT molecular complexity index is 697. The van der Waals surface area contributed by atoms with E-state index in [1.165, 1.54) is 0 Å². The number of fused-ring (bicyclic) bond motifs is 1. The van der Waals surface area contributed by atoms with Crippen LogP contribution in [0.4, 0.5) is 0 Å². The maximum atomic E-state index is 12.4. The quantitative estimate of drug-likeness (QED) is 0.757. The first-order valence-corrected chi connectivity index (χ1v) is 9.65. The Labute approximate surface area is 137 Å². The van der Waals surface area contributed by atoms with Crippen LogP contribution >= 0.6 is 0 Å². The van der Waals surface area contributed by atoms with Gasteiger partial charge < -0.3 is 9.80 Å². The van der Waals surface area contributed by atoms with Crippen molar-refractivity contribution >= 4 is 15.7 Å². The van der Waals surface area contributed by atoms with Crippen molar-refractivity contribution in [1.29, 1.82) is 0 Å². The van der Waals surface area contributed by atoms with E-state index >= 15 is 0 Å². The summed E-state index contributed by atoms with van der Waals surface area (Å²) >= 11 is 0. The van der Waals surface area contributed by atoms with Crippen molar-refractivity contribution in [3.05, 3.63) is 18.0 Å². The van der Waals surface area contributed by atoms with Gasteiger partial charge in [-0.05, 0) is 27.1 Å². The zero-order valence-corrected chi connectivity index (χ0v) is 14.7. The number of aromatic nitrogens is 2. The maximum absolute atomic E-state index is 12.4. The van der Waals surface area contributed by atoms with Crippen LogP contribution in [0.5, 0.6) is 0 Å². The molecule has 23 heavy (non-hydrogen) atoms. The largest absolute Gasteiger partial charge is 0.341 e. The predicted molar refractivity (Wildman–Crippen MR) is 86.7 cm³/mol. The summed E-state index contributed by atoms with van der Waals surface area (Å²) in [6.45, 7) is 3.37. The first-order valence-electron chi connectivity index (χ1n) is 7.94. The summed E-state index contributed by atoms with van der Waals surface area (Å²) in [5, 5.41) is 3.78. The standard InChI is InChI=1S/C15H24N4O3S/c1-11-4-6-16-19(11)7-5-15(20)18-8-12-13(17(2)3)10-23(21,22)14(12)9-18/h4,6,12-14H,5,7-10H2,1-3H3/t12-,13+,14-/m0/s1. The number of nitrogens with zero attached hydrogens (tertiary/aromatic N) is 4. The van der Waals surface area contributed by atoms with Crippen LogP contribution in [0.2, 0.25) is 0 Å². The van der Waals surface area contributed by atoms with Gasteiger partial charge in [0, 0.05) is 49.9 Å². The molecule has 0 aliphatic carbocycles.